The number of rotatable bonds is 3. The minimum atomic E-state index is -3.38. The third-order valence-electron chi connectivity index (χ3n) is 3.80. The van der Waals surface area contributed by atoms with Gasteiger partial charge in [-0.3, -0.25) is 9.48 Å². The first-order valence-corrected chi connectivity index (χ1v) is 9.13. The van der Waals surface area contributed by atoms with Gasteiger partial charge in [0, 0.05) is 6.54 Å². The van der Waals surface area contributed by atoms with Gasteiger partial charge in [-0.15, -0.1) is 0 Å². The van der Waals surface area contributed by atoms with E-state index in [-0.39, 0.29) is 18.8 Å². The van der Waals surface area contributed by atoms with Crippen molar-refractivity contribution < 1.29 is 22.7 Å². The van der Waals surface area contributed by atoms with E-state index in [1.54, 1.807) is 13.8 Å². The van der Waals surface area contributed by atoms with Gasteiger partial charge in [0.15, 0.2) is 9.84 Å². The van der Waals surface area contributed by atoms with Crippen LogP contribution in [0.1, 0.15) is 11.4 Å². The molecule has 0 bridgehead atoms. The first-order valence-electron chi connectivity index (χ1n) is 6.93. The molecule has 0 N–H and O–H groups in total. The monoisotopic (exact) mass is 363 g/mol. The van der Waals surface area contributed by atoms with E-state index in [1.807, 2.05) is 0 Å². The molecule has 0 radical (unpaired) electrons. The summed E-state index contributed by atoms with van der Waals surface area (Å²) in [7, 11) is -2.22. The van der Waals surface area contributed by atoms with Crippen LogP contribution in [0.2, 0.25) is 5.02 Å². The third kappa shape index (κ3) is 3.66. The number of nitrogens with zero attached hydrogens (tertiary/aromatic N) is 3. The predicted molar refractivity (Wildman–Crippen MR) is 82.9 cm³/mol. The zero-order chi connectivity index (χ0) is 17.4. The topological polar surface area (TPSA) is 98.6 Å². The summed E-state index contributed by atoms with van der Waals surface area (Å²) in [5, 5.41) is 4.64. The van der Waals surface area contributed by atoms with Crippen molar-refractivity contribution in [3.63, 3.8) is 0 Å². The molecule has 1 saturated heterocycles. The van der Waals surface area contributed by atoms with E-state index in [0.29, 0.717) is 16.4 Å². The largest absolute Gasteiger partial charge is 0.467 e. The van der Waals surface area contributed by atoms with Crippen molar-refractivity contribution in [2.24, 2.45) is 0 Å². The van der Waals surface area contributed by atoms with Crippen molar-refractivity contribution >= 4 is 33.3 Å². The maximum Gasteiger partial charge on any atom is 0.329 e. The zero-order valence-electron chi connectivity index (χ0n) is 13.1. The Balaban J connectivity index is 2.22. The molecule has 1 atom stereocenters. The van der Waals surface area contributed by atoms with Crippen LogP contribution in [0.15, 0.2) is 0 Å². The average Bonchev–Trinajstić information content (AvgIpc) is 2.72. The second-order valence-electron chi connectivity index (χ2n) is 5.38. The number of hydrogen-bond acceptors (Lipinski definition) is 6. The van der Waals surface area contributed by atoms with Crippen LogP contribution >= 0.6 is 11.6 Å². The van der Waals surface area contributed by atoms with Gasteiger partial charge in [0.1, 0.15) is 12.6 Å². The SMILES string of the molecule is COC(=O)[C@H]1CS(=O)(=O)CCN1C(=O)Cn1nc(C)c(Cl)c1C. The Hall–Kier alpha value is -1.61. The lowest BCUT2D eigenvalue weighted by molar-refractivity contribution is -0.152. The Bertz CT molecular complexity index is 743. The van der Waals surface area contributed by atoms with E-state index >= 15 is 0 Å². The lowest BCUT2D eigenvalue weighted by Gasteiger charge is -2.33. The zero-order valence-corrected chi connectivity index (χ0v) is 14.6. The molecule has 8 nitrogen and oxygen atoms in total. The van der Waals surface area contributed by atoms with Crippen LogP contribution in [0.5, 0.6) is 0 Å². The number of aromatic nitrogens is 2. The van der Waals surface area contributed by atoms with Gasteiger partial charge in [-0.25, -0.2) is 13.2 Å². The lowest BCUT2D eigenvalue weighted by atomic mass is 10.2. The summed E-state index contributed by atoms with van der Waals surface area (Å²) in [4.78, 5) is 25.6. The van der Waals surface area contributed by atoms with Crippen LogP contribution in [0, 0.1) is 13.8 Å². The van der Waals surface area contributed by atoms with Gasteiger partial charge in [-0.05, 0) is 13.8 Å². The summed E-state index contributed by atoms with van der Waals surface area (Å²) in [6.07, 6.45) is 0. The van der Waals surface area contributed by atoms with Crippen LogP contribution < -0.4 is 0 Å². The van der Waals surface area contributed by atoms with Gasteiger partial charge in [0.25, 0.3) is 0 Å². The van der Waals surface area contributed by atoms with Gasteiger partial charge in [0.2, 0.25) is 5.91 Å². The molecule has 1 aromatic heterocycles. The van der Waals surface area contributed by atoms with E-state index in [2.05, 4.69) is 9.84 Å². The summed E-state index contributed by atoms with van der Waals surface area (Å²) in [6, 6.07) is -1.13. The van der Waals surface area contributed by atoms with E-state index in [1.165, 1.54) is 9.58 Å². The van der Waals surface area contributed by atoms with E-state index in [0.717, 1.165) is 7.11 Å². The predicted octanol–water partition coefficient (Wildman–Crippen LogP) is -0.0481. The molecule has 128 valence electrons. The summed E-state index contributed by atoms with van der Waals surface area (Å²) in [5.41, 5.74) is 1.24. The highest BCUT2D eigenvalue weighted by atomic mass is 35.5. The number of hydrogen-bond donors (Lipinski definition) is 0. The second kappa shape index (κ2) is 6.48. The summed E-state index contributed by atoms with van der Waals surface area (Å²) in [6.45, 7) is 3.29. The van der Waals surface area contributed by atoms with E-state index in [9.17, 15) is 18.0 Å². The second-order valence-corrected chi connectivity index (χ2v) is 7.99. The highest BCUT2D eigenvalue weighted by Gasteiger charge is 2.39. The molecular formula is C13H18ClN3O5S. The minimum absolute atomic E-state index is 0.0477. The lowest BCUT2D eigenvalue weighted by Crippen LogP contribution is -2.55. The maximum atomic E-state index is 12.5. The van der Waals surface area contributed by atoms with Gasteiger partial charge in [-0.2, -0.15) is 5.10 Å². The van der Waals surface area contributed by atoms with Gasteiger partial charge in [-0.1, -0.05) is 11.6 Å². The summed E-state index contributed by atoms with van der Waals surface area (Å²) in [5.74, 6) is -1.75. The van der Waals surface area contributed by atoms with Crippen molar-refractivity contribution in [1.29, 1.82) is 0 Å². The molecule has 1 fully saturated rings. The highest BCUT2D eigenvalue weighted by Crippen LogP contribution is 2.20. The number of carbonyl (C=O) groups is 2. The number of halogens is 1. The molecule has 0 saturated carbocycles. The maximum absolute atomic E-state index is 12.5. The molecule has 2 rings (SSSR count). The molecule has 1 amide bonds. The molecule has 0 spiro atoms. The molecule has 10 heteroatoms. The third-order valence-corrected chi connectivity index (χ3v) is 5.98. The number of amides is 1. The Morgan fingerprint density at radius 2 is 2.04 bits per heavy atom. The fourth-order valence-electron chi connectivity index (χ4n) is 2.48. The number of aryl methyl sites for hydroxylation is 1. The highest BCUT2D eigenvalue weighted by molar-refractivity contribution is 7.91. The molecule has 0 aliphatic carbocycles. The standard InChI is InChI=1S/C13H18ClN3O5S/c1-8-12(14)9(2)17(15-8)6-11(18)16-4-5-23(20,21)7-10(16)13(19)22-3/h10H,4-7H2,1-3H3/t10-/m1/s1. The Morgan fingerprint density at radius 1 is 1.39 bits per heavy atom. The smallest absolute Gasteiger partial charge is 0.329 e. The summed E-state index contributed by atoms with van der Waals surface area (Å²) >= 11 is 6.04. The Labute approximate surface area is 139 Å². The van der Waals surface area contributed by atoms with Crippen molar-refractivity contribution in [2.75, 3.05) is 25.2 Å². The van der Waals surface area contributed by atoms with Crippen LogP contribution in [-0.4, -0.2) is 66.2 Å². The summed E-state index contributed by atoms with van der Waals surface area (Å²) < 4.78 is 29.5. The molecule has 0 aromatic carbocycles. The fraction of sp³-hybridized carbons (Fsp3) is 0.615. The Kier molecular flexibility index (Phi) is 5.00. The van der Waals surface area contributed by atoms with Crippen LogP contribution in [0.4, 0.5) is 0 Å². The average molecular weight is 364 g/mol. The molecular weight excluding hydrogens is 346 g/mol. The quantitative estimate of drug-likeness (QED) is 0.698. The molecule has 1 aromatic rings. The molecule has 23 heavy (non-hydrogen) atoms. The Morgan fingerprint density at radius 3 is 2.57 bits per heavy atom. The van der Waals surface area contributed by atoms with Crippen molar-refractivity contribution in [3.8, 4) is 0 Å². The first kappa shape index (κ1) is 17.7. The first-order chi connectivity index (χ1) is 10.7. The van der Waals surface area contributed by atoms with Crippen molar-refractivity contribution in [2.45, 2.75) is 26.4 Å². The molecule has 1 aliphatic heterocycles. The minimum Gasteiger partial charge on any atom is -0.467 e. The molecule has 1 aliphatic rings. The van der Waals surface area contributed by atoms with Gasteiger partial charge >= 0.3 is 5.97 Å². The molecule has 2 heterocycles. The van der Waals surface area contributed by atoms with Crippen molar-refractivity contribution in [1.82, 2.24) is 14.7 Å². The van der Waals surface area contributed by atoms with Crippen LogP contribution in [0.25, 0.3) is 0 Å². The van der Waals surface area contributed by atoms with Crippen LogP contribution in [-0.2, 0) is 30.7 Å². The fourth-order valence-corrected chi connectivity index (χ4v) is 4.06. The number of esters is 1. The number of methoxy groups -OCH3 is 1. The van der Waals surface area contributed by atoms with E-state index < -0.39 is 33.5 Å². The number of carbonyl (C=O) groups excluding carboxylic acids is 2. The normalized spacial score (nSPS) is 20.3. The molecule has 0 unspecified atom stereocenters. The van der Waals surface area contributed by atoms with Gasteiger partial charge in [0.05, 0.1) is 35.0 Å². The van der Waals surface area contributed by atoms with Gasteiger partial charge < -0.3 is 9.64 Å². The van der Waals surface area contributed by atoms with E-state index in [4.69, 9.17) is 11.6 Å². The number of ether oxygens (including phenoxy) is 1. The number of sulfone groups is 1. The van der Waals surface area contributed by atoms with Crippen molar-refractivity contribution in [3.05, 3.63) is 16.4 Å². The van der Waals surface area contributed by atoms with Crippen LogP contribution in [0.3, 0.4) is 0 Å².